The molecule has 8 heavy (non-hydrogen) atoms. The molecule has 2 heteroatoms. The average Bonchev–Trinajstić information content (AvgIpc) is 1.72. The van der Waals surface area contributed by atoms with Crippen LogP contribution in [0.1, 0.15) is 20.8 Å². The summed E-state index contributed by atoms with van der Waals surface area (Å²) >= 11 is 0. The molecule has 0 heterocycles. The maximum Gasteiger partial charge on any atom is 0.0470 e. The van der Waals surface area contributed by atoms with Crippen LogP contribution in [0.15, 0.2) is 0 Å². The van der Waals surface area contributed by atoms with Crippen LogP contribution in [0.5, 0.6) is 0 Å². The summed E-state index contributed by atoms with van der Waals surface area (Å²) in [6, 6.07) is 4.37. The third-order valence-electron chi connectivity index (χ3n) is 1.50. The van der Waals surface area contributed by atoms with Crippen LogP contribution in [-0.2, 0) is 0 Å². The molecular weight excluding hydrogens is 215 g/mol. The zero-order valence-electron chi connectivity index (χ0n) is 6.20. The first-order chi connectivity index (χ1) is 3.35. The van der Waals surface area contributed by atoms with Crippen molar-refractivity contribution >= 4 is 34.6 Å². The molecule has 0 nitrogen and oxygen atoms in total. The van der Waals surface area contributed by atoms with Crippen LogP contribution in [-0.4, -0.2) is 34.6 Å². The van der Waals surface area contributed by atoms with Crippen molar-refractivity contribution in [3.8, 4) is 0 Å². The SMILES string of the molecule is CC[Si](CC)CC.[In]. The molecule has 0 fully saturated rings. The van der Waals surface area contributed by atoms with Gasteiger partial charge in [0.2, 0.25) is 0 Å². The van der Waals surface area contributed by atoms with Crippen molar-refractivity contribution < 1.29 is 0 Å². The second kappa shape index (κ2) is 8.09. The van der Waals surface area contributed by atoms with E-state index >= 15 is 0 Å². The van der Waals surface area contributed by atoms with Gasteiger partial charge in [0.15, 0.2) is 0 Å². The molecule has 0 aliphatic carbocycles. The number of hydrogen-bond donors (Lipinski definition) is 0. The number of hydrogen-bond acceptors (Lipinski definition) is 0. The molecule has 0 rings (SSSR count). The van der Waals surface area contributed by atoms with Crippen molar-refractivity contribution in [2.24, 2.45) is 0 Å². The molecule has 0 aromatic rings. The van der Waals surface area contributed by atoms with Gasteiger partial charge in [-0.3, -0.25) is 0 Å². The molecule has 0 N–H and O–H groups in total. The van der Waals surface area contributed by atoms with Gasteiger partial charge in [0, 0.05) is 34.6 Å². The Balaban J connectivity index is 0. The van der Waals surface area contributed by atoms with Gasteiger partial charge in [-0.05, 0) is 0 Å². The first-order valence-corrected chi connectivity index (χ1v) is 5.30. The van der Waals surface area contributed by atoms with E-state index in [0.717, 1.165) is 0 Å². The van der Waals surface area contributed by atoms with Crippen molar-refractivity contribution in [2.75, 3.05) is 0 Å². The Morgan fingerprint density at radius 1 is 0.875 bits per heavy atom. The van der Waals surface area contributed by atoms with E-state index in [9.17, 15) is 0 Å². The van der Waals surface area contributed by atoms with E-state index in [0.29, 0.717) is 0 Å². The topological polar surface area (TPSA) is 0 Å². The van der Waals surface area contributed by atoms with Crippen LogP contribution in [0.3, 0.4) is 0 Å². The van der Waals surface area contributed by atoms with E-state index < -0.39 is 0 Å². The van der Waals surface area contributed by atoms with Gasteiger partial charge in [-0.1, -0.05) is 38.9 Å². The fourth-order valence-corrected chi connectivity index (χ4v) is 2.25. The summed E-state index contributed by atoms with van der Waals surface area (Å²) in [5.74, 6) is 0. The summed E-state index contributed by atoms with van der Waals surface area (Å²) < 4.78 is 0. The molecular formula is C6H15InSi. The molecule has 4 radical (unpaired) electrons. The van der Waals surface area contributed by atoms with Gasteiger partial charge in [-0.25, -0.2) is 0 Å². The van der Waals surface area contributed by atoms with Gasteiger partial charge in [0.1, 0.15) is 0 Å². The van der Waals surface area contributed by atoms with Gasteiger partial charge < -0.3 is 0 Å². The van der Waals surface area contributed by atoms with Crippen LogP contribution >= 0.6 is 0 Å². The molecule has 0 aliphatic rings. The second-order valence-corrected chi connectivity index (χ2v) is 5.43. The van der Waals surface area contributed by atoms with E-state index in [1.54, 1.807) is 0 Å². The molecule has 0 saturated carbocycles. The Hall–Kier alpha value is 1.09. The smallest absolute Gasteiger partial charge is 0.0470 e. The Kier molecular flexibility index (Phi) is 12.0. The molecule has 0 aromatic carbocycles. The fourth-order valence-electron chi connectivity index (χ4n) is 0.750. The van der Waals surface area contributed by atoms with E-state index in [-0.39, 0.29) is 34.6 Å². The molecule has 0 atom stereocenters. The zero-order chi connectivity index (χ0) is 5.70. The molecule has 0 spiro atoms. The van der Waals surface area contributed by atoms with Crippen LogP contribution in [0.2, 0.25) is 18.1 Å². The molecule has 0 aromatic heterocycles. The third kappa shape index (κ3) is 5.23. The van der Waals surface area contributed by atoms with Gasteiger partial charge >= 0.3 is 0 Å². The van der Waals surface area contributed by atoms with Crippen LogP contribution in [0.4, 0.5) is 0 Å². The Labute approximate surface area is 73.4 Å². The first-order valence-electron chi connectivity index (χ1n) is 3.18. The summed E-state index contributed by atoms with van der Waals surface area (Å²) in [6.45, 7) is 6.92. The van der Waals surface area contributed by atoms with E-state index in [1.165, 1.54) is 18.1 Å². The van der Waals surface area contributed by atoms with E-state index in [2.05, 4.69) is 20.8 Å². The predicted octanol–water partition coefficient (Wildman–Crippen LogP) is 2.16. The molecule has 46 valence electrons. The van der Waals surface area contributed by atoms with Crippen molar-refractivity contribution in [2.45, 2.75) is 38.9 Å². The van der Waals surface area contributed by atoms with Crippen molar-refractivity contribution in [3.05, 3.63) is 0 Å². The first kappa shape index (κ1) is 11.8. The summed E-state index contributed by atoms with van der Waals surface area (Å²) in [4.78, 5) is 0. The van der Waals surface area contributed by atoms with Crippen molar-refractivity contribution in [1.82, 2.24) is 0 Å². The summed E-state index contributed by atoms with van der Waals surface area (Å²) in [7, 11) is 0.137. The standard InChI is InChI=1S/C6H15Si.In/c1-4-7(5-2)6-3;/h4-6H2,1-3H3;. The largest absolute Gasteiger partial charge is 0.0680 e. The maximum atomic E-state index is 2.31. The molecule has 0 aliphatic heterocycles. The predicted molar refractivity (Wildman–Crippen MR) is 43.0 cm³/mol. The van der Waals surface area contributed by atoms with E-state index in [4.69, 9.17) is 0 Å². The summed E-state index contributed by atoms with van der Waals surface area (Å²) in [6.07, 6.45) is 0. The minimum Gasteiger partial charge on any atom is -0.0680 e. The van der Waals surface area contributed by atoms with Crippen molar-refractivity contribution in [1.29, 1.82) is 0 Å². The van der Waals surface area contributed by atoms with Gasteiger partial charge in [0.25, 0.3) is 0 Å². The minimum atomic E-state index is 0. The second-order valence-electron chi connectivity index (χ2n) is 1.81. The molecule has 0 saturated heterocycles. The normalized spacial score (nSPS) is 9.00. The average molecular weight is 230 g/mol. The maximum absolute atomic E-state index is 2.31. The van der Waals surface area contributed by atoms with Crippen LogP contribution in [0.25, 0.3) is 0 Å². The molecule has 0 amide bonds. The number of rotatable bonds is 3. The van der Waals surface area contributed by atoms with Crippen LogP contribution in [0, 0.1) is 0 Å². The Bertz CT molecular complexity index is 30.0. The zero-order valence-corrected chi connectivity index (χ0v) is 10.5. The minimum absolute atomic E-state index is 0. The quantitative estimate of drug-likeness (QED) is 0.652. The molecule has 0 bridgehead atoms. The van der Waals surface area contributed by atoms with Gasteiger partial charge in [0.05, 0.1) is 0 Å². The molecule has 0 unspecified atom stereocenters. The van der Waals surface area contributed by atoms with Crippen LogP contribution < -0.4 is 0 Å². The van der Waals surface area contributed by atoms with Crippen molar-refractivity contribution in [3.63, 3.8) is 0 Å². The Morgan fingerprint density at radius 3 is 1.12 bits per heavy atom. The monoisotopic (exact) mass is 230 g/mol. The van der Waals surface area contributed by atoms with Gasteiger partial charge in [-0.15, -0.1) is 0 Å². The summed E-state index contributed by atoms with van der Waals surface area (Å²) in [5, 5.41) is 0. The Morgan fingerprint density at radius 2 is 1.12 bits per heavy atom. The fraction of sp³-hybridized carbons (Fsp3) is 1.00. The summed E-state index contributed by atoms with van der Waals surface area (Å²) in [5.41, 5.74) is 0. The third-order valence-corrected chi connectivity index (χ3v) is 4.50. The van der Waals surface area contributed by atoms with E-state index in [1.807, 2.05) is 0 Å². The van der Waals surface area contributed by atoms with Gasteiger partial charge in [-0.2, -0.15) is 0 Å².